The third-order valence-corrected chi connectivity index (χ3v) is 3.84. The van der Waals surface area contributed by atoms with Gasteiger partial charge < -0.3 is 15.7 Å². The van der Waals surface area contributed by atoms with Gasteiger partial charge in [0.2, 0.25) is 11.8 Å². The van der Waals surface area contributed by atoms with E-state index in [0.29, 0.717) is 25.9 Å². The molecule has 1 heterocycles. The molecule has 1 saturated carbocycles. The van der Waals surface area contributed by atoms with E-state index in [-0.39, 0.29) is 23.7 Å². The Morgan fingerprint density at radius 2 is 1.78 bits per heavy atom. The van der Waals surface area contributed by atoms with E-state index in [9.17, 15) is 14.4 Å². The number of nitrogens with zero attached hydrogens (tertiary/aromatic N) is 1. The number of amides is 2. The van der Waals surface area contributed by atoms with Crippen molar-refractivity contribution in [3.8, 4) is 0 Å². The van der Waals surface area contributed by atoms with Crippen LogP contribution in [0.4, 0.5) is 0 Å². The second kappa shape index (κ2) is 4.96. The number of carboxylic acid groups (broad SMARTS) is 1. The fourth-order valence-corrected chi connectivity index (χ4v) is 2.62. The Kier molecular flexibility index (Phi) is 3.54. The first-order valence-electron chi connectivity index (χ1n) is 6.29. The highest BCUT2D eigenvalue weighted by Gasteiger charge is 2.50. The van der Waals surface area contributed by atoms with E-state index in [1.54, 1.807) is 4.90 Å². The van der Waals surface area contributed by atoms with Gasteiger partial charge in [0.05, 0.1) is 11.8 Å². The van der Waals surface area contributed by atoms with E-state index in [1.165, 1.54) is 0 Å². The Labute approximate surface area is 105 Å². The van der Waals surface area contributed by atoms with E-state index >= 15 is 0 Å². The highest BCUT2D eigenvalue weighted by molar-refractivity contribution is 5.89. The van der Waals surface area contributed by atoms with Crippen LogP contribution in [0.3, 0.4) is 0 Å². The molecule has 2 atom stereocenters. The summed E-state index contributed by atoms with van der Waals surface area (Å²) in [6.07, 6.45) is 2.40. The molecule has 1 aliphatic heterocycles. The molecular formula is C12H18N2O4. The normalized spacial score (nSPS) is 27.9. The predicted octanol–water partition coefficient (Wildman–Crippen LogP) is -0.179. The van der Waals surface area contributed by atoms with Crippen molar-refractivity contribution < 1.29 is 19.5 Å². The summed E-state index contributed by atoms with van der Waals surface area (Å²) in [7, 11) is 0. The third kappa shape index (κ3) is 2.80. The van der Waals surface area contributed by atoms with Gasteiger partial charge in [-0.25, -0.2) is 0 Å². The van der Waals surface area contributed by atoms with E-state index in [1.807, 2.05) is 0 Å². The van der Waals surface area contributed by atoms with Gasteiger partial charge in [0.15, 0.2) is 0 Å². The summed E-state index contributed by atoms with van der Waals surface area (Å²) in [5, 5.41) is 8.79. The minimum absolute atomic E-state index is 0.0417. The van der Waals surface area contributed by atoms with Crippen LogP contribution in [0.15, 0.2) is 0 Å². The number of hydrogen-bond acceptors (Lipinski definition) is 3. The summed E-state index contributed by atoms with van der Waals surface area (Å²) < 4.78 is 0. The lowest BCUT2D eigenvalue weighted by Crippen LogP contribution is -2.40. The second-order valence-corrected chi connectivity index (χ2v) is 5.23. The van der Waals surface area contributed by atoms with Crippen LogP contribution in [0.1, 0.15) is 25.7 Å². The number of carboxylic acids is 1. The van der Waals surface area contributed by atoms with Gasteiger partial charge in [-0.05, 0) is 25.2 Å². The maximum atomic E-state index is 12.0. The van der Waals surface area contributed by atoms with Gasteiger partial charge >= 0.3 is 5.97 Å². The smallest absolute Gasteiger partial charge is 0.307 e. The minimum Gasteiger partial charge on any atom is -0.481 e. The van der Waals surface area contributed by atoms with E-state index in [0.717, 1.165) is 12.8 Å². The van der Waals surface area contributed by atoms with Crippen LogP contribution in [0, 0.1) is 17.8 Å². The van der Waals surface area contributed by atoms with E-state index < -0.39 is 11.9 Å². The van der Waals surface area contributed by atoms with Crippen LogP contribution in [0.25, 0.3) is 0 Å². The zero-order valence-corrected chi connectivity index (χ0v) is 10.2. The molecule has 0 aromatic heterocycles. The van der Waals surface area contributed by atoms with Crippen molar-refractivity contribution in [3.63, 3.8) is 0 Å². The number of likely N-dealkylation sites (tertiary alicyclic amines) is 1. The van der Waals surface area contributed by atoms with Crippen LogP contribution >= 0.6 is 0 Å². The quantitative estimate of drug-likeness (QED) is 0.726. The summed E-state index contributed by atoms with van der Waals surface area (Å²) in [6.45, 7) is 1.22. The number of carbonyl (C=O) groups is 3. The molecule has 6 nitrogen and oxygen atoms in total. The van der Waals surface area contributed by atoms with Gasteiger partial charge in [0.25, 0.3) is 0 Å². The first-order valence-corrected chi connectivity index (χ1v) is 6.29. The van der Waals surface area contributed by atoms with E-state index in [2.05, 4.69) is 0 Å². The molecule has 0 aromatic carbocycles. The van der Waals surface area contributed by atoms with Gasteiger partial charge in [-0.1, -0.05) is 0 Å². The van der Waals surface area contributed by atoms with E-state index in [4.69, 9.17) is 10.8 Å². The average Bonchev–Trinajstić information content (AvgIpc) is 3.08. The van der Waals surface area contributed by atoms with Crippen molar-refractivity contribution in [1.82, 2.24) is 4.90 Å². The molecule has 0 bridgehead atoms. The number of carbonyl (C=O) groups excluding carboxylic acids is 2. The number of primary amides is 1. The molecule has 3 N–H and O–H groups in total. The highest BCUT2D eigenvalue weighted by Crippen LogP contribution is 2.40. The SMILES string of the molecule is NC(=O)CC1CCN(C(=O)C2CC2C(=O)O)CC1. The standard InChI is InChI=1S/C12H18N2O4/c13-10(15)5-7-1-3-14(4-2-7)11(16)8-6-9(8)12(17)18/h7-9H,1-6H2,(H2,13,15)(H,17,18). The Hall–Kier alpha value is -1.59. The van der Waals surface area contributed by atoms with Gasteiger partial charge in [-0.3, -0.25) is 14.4 Å². The number of rotatable bonds is 4. The van der Waals surface area contributed by atoms with Crippen LogP contribution in [-0.4, -0.2) is 40.9 Å². The third-order valence-electron chi connectivity index (χ3n) is 3.84. The fourth-order valence-electron chi connectivity index (χ4n) is 2.62. The molecule has 2 fully saturated rings. The topological polar surface area (TPSA) is 101 Å². The maximum Gasteiger partial charge on any atom is 0.307 e. The van der Waals surface area contributed by atoms with Gasteiger partial charge in [0, 0.05) is 19.5 Å². The molecule has 1 aliphatic carbocycles. The van der Waals surface area contributed by atoms with Crippen LogP contribution in [0.5, 0.6) is 0 Å². The van der Waals surface area contributed by atoms with Gasteiger partial charge in [-0.2, -0.15) is 0 Å². The van der Waals surface area contributed by atoms with Crippen molar-refractivity contribution >= 4 is 17.8 Å². The second-order valence-electron chi connectivity index (χ2n) is 5.23. The van der Waals surface area contributed by atoms with Crippen molar-refractivity contribution in [2.24, 2.45) is 23.5 Å². The number of hydrogen-bond donors (Lipinski definition) is 2. The zero-order chi connectivity index (χ0) is 13.3. The first-order chi connectivity index (χ1) is 8.49. The van der Waals surface area contributed by atoms with Crippen LogP contribution in [0.2, 0.25) is 0 Å². The minimum atomic E-state index is -0.878. The Bertz CT molecular complexity index is 374. The summed E-state index contributed by atoms with van der Waals surface area (Å²) in [5.41, 5.74) is 5.14. The lowest BCUT2D eigenvalue weighted by Gasteiger charge is -2.31. The highest BCUT2D eigenvalue weighted by atomic mass is 16.4. The molecule has 6 heteroatoms. The molecule has 0 aromatic rings. The molecule has 2 rings (SSSR count). The lowest BCUT2D eigenvalue weighted by atomic mass is 9.93. The summed E-state index contributed by atoms with van der Waals surface area (Å²) in [5.74, 6) is -1.76. The molecule has 2 unspecified atom stereocenters. The summed E-state index contributed by atoms with van der Waals surface area (Å²) in [6, 6.07) is 0. The average molecular weight is 254 g/mol. The predicted molar refractivity (Wildman–Crippen MR) is 62.3 cm³/mol. The summed E-state index contributed by atoms with van der Waals surface area (Å²) >= 11 is 0. The molecule has 18 heavy (non-hydrogen) atoms. The molecule has 2 amide bonds. The lowest BCUT2D eigenvalue weighted by molar-refractivity contribution is -0.142. The van der Waals surface area contributed by atoms with Crippen molar-refractivity contribution in [1.29, 1.82) is 0 Å². The van der Waals surface area contributed by atoms with Crippen molar-refractivity contribution in [2.45, 2.75) is 25.7 Å². The largest absolute Gasteiger partial charge is 0.481 e. The molecule has 0 spiro atoms. The van der Waals surface area contributed by atoms with Gasteiger partial charge in [0.1, 0.15) is 0 Å². The molecule has 100 valence electrons. The zero-order valence-electron chi connectivity index (χ0n) is 10.2. The Morgan fingerprint density at radius 3 is 2.22 bits per heavy atom. The molecule has 2 aliphatic rings. The molecular weight excluding hydrogens is 236 g/mol. The first kappa shape index (κ1) is 12.9. The maximum absolute atomic E-state index is 12.0. The van der Waals surface area contributed by atoms with Crippen molar-refractivity contribution in [2.75, 3.05) is 13.1 Å². The van der Waals surface area contributed by atoms with Crippen LogP contribution in [-0.2, 0) is 14.4 Å². The fraction of sp³-hybridized carbons (Fsp3) is 0.750. The number of nitrogens with two attached hydrogens (primary N) is 1. The molecule has 0 radical (unpaired) electrons. The van der Waals surface area contributed by atoms with Gasteiger partial charge in [-0.15, -0.1) is 0 Å². The summed E-state index contributed by atoms with van der Waals surface area (Å²) in [4.78, 5) is 35.2. The molecule has 1 saturated heterocycles. The number of aliphatic carboxylic acids is 1. The van der Waals surface area contributed by atoms with Crippen molar-refractivity contribution in [3.05, 3.63) is 0 Å². The monoisotopic (exact) mass is 254 g/mol. The van der Waals surface area contributed by atoms with Crippen LogP contribution < -0.4 is 5.73 Å². The number of piperidine rings is 1. The Balaban J connectivity index is 1.78. The Morgan fingerprint density at radius 1 is 1.17 bits per heavy atom.